The van der Waals surface area contributed by atoms with Crippen LogP contribution in [0, 0.1) is 12.8 Å². The maximum Gasteiger partial charge on any atom is 0.129 e. The fourth-order valence-corrected chi connectivity index (χ4v) is 1.50. The second kappa shape index (κ2) is 3.73. The lowest BCUT2D eigenvalue weighted by Gasteiger charge is -2.25. The highest BCUT2D eigenvalue weighted by Gasteiger charge is 2.16. The van der Waals surface area contributed by atoms with Crippen molar-refractivity contribution >= 4 is 5.82 Å². The zero-order valence-corrected chi connectivity index (χ0v) is 7.95. The Kier molecular flexibility index (Phi) is 2.43. The zero-order valence-electron chi connectivity index (χ0n) is 7.95. The molecule has 0 aliphatic heterocycles. The van der Waals surface area contributed by atoms with Crippen LogP contribution in [0.5, 0.6) is 0 Å². The minimum atomic E-state index is 0.832. The summed E-state index contributed by atoms with van der Waals surface area (Å²) in [6, 6.07) is 1.92. The SMILES string of the molecule is Cc1nccc(NCC2CCC2)n1. The summed E-state index contributed by atoms with van der Waals surface area (Å²) in [5.74, 6) is 2.66. The molecule has 13 heavy (non-hydrogen) atoms. The average Bonchev–Trinajstić information content (AvgIpc) is 2.01. The first-order chi connectivity index (χ1) is 6.34. The van der Waals surface area contributed by atoms with Gasteiger partial charge in [0.2, 0.25) is 0 Å². The van der Waals surface area contributed by atoms with Crippen LogP contribution in [-0.2, 0) is 0 Å². The summed E-state index contributed by atoms with van der Waals surface area (Å²) < 4.78 is 0. The van der Waals surface area contributed by atoms with Gasteiger partial charge in [-0.1, -0.05) is 6.42 Å². The highest BCUT2D eigenvalue weighted by molar-refractivity contribution is 5.32. The van der Waals surface area contributed by atoms with E-state index < -0.39 is 0 Å². The average molecular weight is 177 g/mol. The molecule has 0 aromatic carbocycles. The van der Waals surface area contributed by atoms with E-state index in [4.69, 9.17) is 0 Å². The summed E-state index contributed by atoms with van der Waals surface area (Å²) in [5.41, 5.74) is 0. The minimum Gasteiger partial charge on any atom is -0.370 e. The molecule has 1 heterocycles. The van der Waals surface area contributed by atoms with Gasteiger partial charge < -0.3 is 5.32 Å². The van der Waals surface area contributed by atoms with Gasteiger partial charge in [0.25, 0.3) is 0 Å². The van der Waals surface area contributed by atoms with Crippen LogP contribution < -0.4 is 5.32 Å². The minimum absolute atomic E-state index is 0.832. The highest BCUT2D eigenvalue weighted by atomic mass is 15.0. The smallest absolute Gasteiger partial charge is 0.129 e. The summed E-state index contributed by atoms with van der Waals surface area (Å²) in [6.45, 7) is 2.98. The number of hydrogen-bond donors (Lipinski definition) is 1. The fraction of sp³-hybridized carbons (Fsp3) is 0.600. The van der Waals surface area contributed by atoms with E-state index in [-0.39, 0.29) is 0 Å². The molecule has 1 saturated carbocycles. The molecule has 3 nitrogen and oxygen atoms in total. The lowest BCUT2D eigenvalue weighted by molar-refractivity contribution is 0.333. The van der Waals surface area contributed by atoms with Crippen molar-refractivity contribution in [2.24, 2.45) is 5.92 Å². The first-order valence-electron chi connectivity index (χ1n) is 4.88. The van der Waals surface area contributed by atoms with Crippen molar-refractivity contribution in [2.75, 3.05) is 11.9 Å². The number of anilines is 1. The van der Waals surface area contributed by atoms with Gasteiger partial charge in [0.1, 0.15) is 11.6 Å². The van der Waals surface area contributed by atoms with Gasteiger partial charge >= 0.3 is 0 Å². The summed E-state index contributed by atoms with van der Waals surface area (Å²) in [5, 5.41) is 3.34. The third kappa shape index (κ3) is 2.17. The Bertz CT molecular complexity index is 281. The van der Waals surface area contributed by atoms with E-state index in [1.807, 2.05) is 13.0 Å². The Balaban J connectivity index is 1.86. The van der Waals surface area contributed by atoms with Crippen LogP contribution in [0.4, 0.5) is 5.82 Å². The molecule has 0 bridgehead atoms. The van der Waals surface area contributed by atoms with E-state index >= 15 is 0 Å². The number of hydrogen-bond acceptors (Lipinski definition) is 3. The number of aromatic nitrogens is 2. The maximum atomic E-state index is 4.28. The number of aryl methyl sites for hydroxylation is 1. The van der Waals surface area contributed by atoms with Crippen molar-refractivity contribution in [2.45, 2.75) is 26.2 Å². The summed E-state index contributed by atoms with van der Waals surface area (Å²) in [7, 11) is 0. The van der Waals surface area contributed by atoms with Gasteiger partial charge in [-0.05, 0) is 31.7 Å². The Morgan fingerprint density at radius 1 is 1.54 bits per heavy atom. The maximum absolute atomic E-state index is 4.28. The summed E-state index contributed by atoms with van der Waals surface area (Å²) in [6.07, 6.45) is 5.94. The third-order valence-corrected chi connectivity index (χ3v) is 2.57. The molecule has 1 N–H and O–H groups in total. The van der Waals surface area contributed by atoms with E-state index in [9.17, 15) is 0 Å². The number of nitrogens with one attached hydrogen (secondary N) is 1. The molecule has 0 saturated heterocycles. The fourth-order valence-electron chi connectivity index (χ4n) is 1.50. The molecule has 0 amide bonds. The van der Waals surface area contributed by atoms with Gasteiger partial charge in [-0.3, -0.25) is 0 Å². The topological polar surface area (TPSA) is 37.8 Å². The van der Waals surface area contributed by atoms with E-state index in [2.05, 4.69) is 15.3 Å². The molecule has 0 unspecified atom stereocenters. The second-order valence-electron chi connectivity index (χ2n) is 3.67. The van der Waals surface area contributed by atoms with Crippen molar-refractivity contribution in [3.8, 4) is 0 Å². The third-order valence-electron chi connectivity index (χ3n) is 2.57. The molecule has 0 atom stereocenters. The monoisotopic (exact) mass is 177 g/mol. The Labute approximate surface area is 78.6 Å². The van der Waals surface area contributed by atoms with E-state index in [1.165, 1.54) is 19.3 Å². The quantitative estimate of drug-likeness (QED) is 0.767. The van der Waals surface area contributed by atoms with Gasteiger partial charge in [-0.25, -0.2) is 9.97 Å². The van der Waals surface area contributed by atoms with Crippen LogP contribution >= 0.6 is 0 Å². The van der Waals surface area contributed by atoms with Crippen molar-refractivity contribution < 1.29 is 0 Å². The van der Waals surface area contributed by atoms with Crippen molar-refractivity contribution in [1.82, 2.24) is 9.97 Å². The van der Waals surface area contributed by atoms with Gasteiger partial charge in [0.15, 0.2) is 0 Å². The van der Waals surface area contributed by atoms with Crippen LogP contribution in [0.1, 0.15) is 25.1 Å². The molecule has 3 heteroatoms. The summed E-state index contributed by atoms with van der Waals surface area (Å²) in [4.78, 5) is 8.33. The lowest BCUT2D eigenvalue weighted by Crippen LogP contribution is -2.21. The highest BCUT2D eigenvalue weighted by Crippen LogP contribution is 2.26. The molecule has 1 aliphatic rings. The molecule has 0 radical (unpaired) electrons. The van der Waals surface area contributed by atoms with Crippen LogP contribution in [0.2, 0.25) is 0 Å². The Morgan fingerprint density at radius 3 is 3.00 bits per heavy atom. The van der Waals surface area contributed by atoms with E-state index in [0.717, 1.165) is 24.1 Å². The summed E-state index contributed by atoms with van der Waals surface area (Å²) >= 11 is 0. The molecule has 1 aromatic rings. The molecular formula is C10H15N3. The van der Waals surface area contributed by atoms with Crippen LogP contribution in [0.15, 0.2) is 12.3 Å². The number of nitrogens with zero attached hydrogens (tertiary/aromatic N) is 2. The van der Waals surface area contributed by atoms with Gasteiger partial charge in [0, 0.05) is 12.7 Å². The number of rotatable bonds is 3. The molecule has 1 aliphatic carbocycles. The second-order valence-corrected chi connectivity index (χ2v) is 3.67. The van der Waals surface area contributed by atoms with Gasteiger partial charge in [0.05, 0.1) is 0 Å². The Hall–Kier alpha value is -1.12. The lowest BCUT2D eigenvalue weighted by atomic mass is 9.85. The molecule has 70 valence electrons. The van der Waals surface area contributed by atoms with Crippen molar-refractivity contribution in [1.29, 1.82) is 0 Å². The Morgan fingerprint density at radius 2 is 2.38 bits per heavy atom. The van der Waals surface area contributed by atoms with Crippen molar-refractivity contribution in [3.05, 3.63) is 18.1 Å². The molecule has 1 fully saturated rings. The van der Waals surface area contributed by atoms with Gasteiger partial charge in [-0.2, -0.15) is 0 Å². The van der Waals surface area contributed by atoms with Crippen molar-refractivity contribution in [3.63, 3.8) is 0 Å². The normalized spacial score (nSPS) is 16.7. The first-order valence-corrected chi connectivity index (χ1v) is 4.88. The van der Waals surface area contributed by atoms with E-state index in [0.29, 0.717) is 0 Å². The van der Waals surface area contributed by atoms with Crippen LogP contribution in [0.25, 0.3) is 0 Å². The van der Waals surface area contributed by atoms with Gasteiger partial charge in [-0.15, -0.1) is 0 Å². The van der Waals surface area contributed by atoms with Crippen LogP contribution in [0.3, 0.4) is 0 Å². The largest absolute Gasteiger partial charge is 0.370 e. The standard InChI is InChI=1S/C10H15N3/c1-8-11-6-5-10(13-8)12-7-9-3-2-4-9/h5-6,9H,2-4,7H2,1H3,(H,11,12,13). The first kappa shape index (κ1) is 8.48. The molecule has 1 aromatic heterocycles. The molecule has 2 rings (SSSR count). The molecular weight excluding hydrogens is 162 g/mol. The molecule has 0 spiro atoms. The predicted molar refractivity (Wildman–Crippen MR) is 52.6 cm³/mol. The zero-order chi connectivity index (χ0) is 9.10. The van der Waals surface area contributed by atoms with E-state index in [1.54, 1.807) is 6.20 Å². The van der Waals surface area contributed by atoms with Crippen LogP contribution in [-0.4, -0.2) is 16.5 Å². The predicted octanol–water partition coefficient (Wildman–Crippen LogP) is 2.00.